The third-order valence-electron chi connectivity index (χ3n) is 3.98. The number of nitrogens with one attached hydrogen (secondary N) is 1. The molecule has 1 aromatic rings. The van der Waals surface area contributed by atoms with Crippen LogP contribution in [0.3, 0.4) is 0 Å². The third-order valence-corrected chi connectivity index (χ3v) is 3.98. The summed E-state index contributed by atoms with van der Waals surface area (Å²) in [6.45, 7) is 4.57. The maximum atomic E-state index is 5.05. The van der Waals surface area contributed by atoms with Crippen LogP contribution in [0.15, 0.2) is 0 Å². The molecule has 0 aliphatic heterocycles. The largest absolute Gasteiger partial charge is 0.467 e. The Hall–Kier alpha value is -1.59. The monoisotopic (exact) mass is 266 g/mol. The molecular weight excluding hydrogens is 244 g/mol. The van der Waals surface area contributed by atoms with E-state index in [9.17, 15) is 0 Å². The van der Waals surface area contributed by atoms with E-state index in [1.807, 2.05) is 0 Å². The average molecular weight is 266 g/mol. The van der Waals surface area contributed by atoms with Gasteiger partial charge in [-0.05, 0) is 18.3 Å². The number of ether oxygens (including phenoxy) is 2. The molecule has 1 fully saturated rings. The van der Waals surface area contributed by atoms with Crippen molar-refractivity contribution >= 4 is 5.95 Å². The molecule has 0 bridgehead atoms. The molecule has 2 rings (SSSR count). The minimum absolute atomic E-state index is 0.269. The summed E-state index contributed by atoms with van der Waals surface area (Å²) in [4.78, 5) is 12.4. The fraction of sp³-hybridized carbons (Fsp3) is 0.769. The molecule has 6 nitrogen and oxygen atoms in total. The minimum atomic E-state index is 0.269. The highest BCUT2D eigenvalue weighted by atomic mass is 16.5. The molecule has 1 heterocycles. The highest BCUT2D eigenvalue weighted by molar-refractivity contribution is 5.29. The number of methoxy groups -OCH3 is 2. The van der Waals surface area contributed by atoms with E-state index in [1.165, 1.54) is 27.1 Å². The summed E-state index contributed by atoms with van der Waals surface area (Å²) in [5, 5.41) is 3.39. The summed E-state index contributed by atoms with van der Waals surface area (Å²) in [5.41, 5.74) is 0. The normalized spacial score (nSPS) is 26.8. The van der Waals surface area contributed by atoms with Crippen LogP contribution < -0.4 is 14.8 Å². The van der Waals surface area contributed by atoms with Crippen LogP contribution in [0, 0.1) is 11.8 Å². The van der Waals surface area contributed by atoms with Crippen LogP contribution in [0.5, 0.6) is 12.0 Å². The van der Waals surface area contributed by atoms with E-state index < -0.39 is 0 Å². The van der Waals surface area contributed by atoms with Crippen LogP contribution in [0.4, 0.5) is 5.95 Å². The molecule has 0 radical (unpaired) electrons. The van der Waals surface area contributed by atoms with Crippen LogP contribution in [-0.2, 0) is 0 Å². The lowest BCUT2D eigenvalue weighted by Gasteiger charge is -2.34. The van der Waals surface area contributed by atoms with Crippen molar-refractivity contribution in [1.29, 1.82) is 0 Å². The van der Waals surface area contributed by atoms with Crippen LogP contribution >= 0.6 is 0 Å². The third kappa shape index (κ3) is 3.24. The first-order valence-corrected chi connectivity index (χ1v) is 6.74. The van der Waals surface area contributed by atoms with Gasteiger partial charge in [0.05, 0.1) is 14.2 Å². The van der Waals surface area contributed by atoms with Crippen molar-refractivity contribution in [2.75, 3.05) is 19.5 Å². The van der Waals surface area contributed by atoms with E-state index >= 15 is 0 Å². The molecule has 1 N–H and O–H groups in total. The maximum absolute atomic E-state index is 5.05. The first-order valence-electron chi connectivity index (χ1n) is 6.74. The fourth-order valence-electron chi connectivity index (χ4n) is 2.54. The zero-order valence-electron chi connectivity index (χ0n) is 12.0. The molecule has 1 saturated carbocycles. The van der Waals surface area contributed by atoms with Gasteiger partial charge in [-0.15, -0.1) is 4.98 Å². The lowest BCUT2D eigenvalue weighted by atomic mass is 9.78. The minimum Gasteiger partial charge on any atom is -0.467 e. The van der Waals surface area contributed by atoms with Gasteiger partial charge in [0.25, 0.3) is 0 Å². The zero-order valence-corrected chi connectivity index (χ0v) is 12.0. The van der Waals surface area contributed by atoms with Crippen molar-refractivity contribution in [3.05, 3.63) is 0 Å². The molecule has 1 aliphatic carbocycles. The molecule has 1 aliphatic rings. The number of rotatable bonds is 4. The van der Waals surface area contributed by atoms with Crippen molar-refractivity contribution in [3.63, 3.8) is 0 Å². The molecule has 1 aromatic heterocycles. The van der Waals surface area contributed by atoms with Gasteiger partial charge in [0.15, 0.2) is 0 Å². The molecular formula is C13H22N4O2. The van der Waals surface area contributed by atoms with E-state index in [4.69, 9.17) is 9.47 Å². The predicted molar refractivity (Wildman–Crippen MR) is 72.5 cm³/mol. The van der Waals surface area contributed by atoms with Crippen molar-refractivity contribution in [2.45, 2.75) is 39.2 Å². The van der Waals surface area contributed by atoms with Crippen LogP contribution in [0.2, 0.25) is 0 Å². The second-order valence-corrected chi connectivity index (χ2v) is 5.15. The van der Waals surface area contributed by atoms with Gasteiger partial charge in [0.1, 0.15) is 0 Å². The first-order chi connectivity index (χ1) is 9.13. The Morgan fingerprint density at radius 3 is 2.21 bits per heavy atom. The molecule has 0 aromatic carbocycles. The zero-order chi connectivity index (χ0) is 13.8. The van der Waals surface area contributed by atoms with Crippen LogP contribution in [-0.4, -0.2) is 35.2 Å². The molecule has 6 heteroatoms. The van der Waals surface area contributed by atoms with Gasteiger partial charge < -0.3 is 14.8 Å². The number of hydrogen-bond acceptors (Lipinski definition) is 6. The van der Waals surface area contributed by atoms with Crippen LogP contribution in [0.1, 0.15) is 33.1 Å². The Labute approximate surface area is 114 Å². The summed E-state index contributed by atoms with van der Waals surface area (Å²) in [5.74, 6) is 1.84. The highest BCUT2D eigenvalue weighted by Crippen LogP contribution is 2.31. The molecule has 106 valence electrons. The second-order valence-electron chi connectivity index (χ2n) is 5.15. The standard InChI is InChI=1S/C13H22N4O2/c1-8-6-5-7-10(9(8)2)14-11-15-12(18-3)17-13(16-11)19-4/h8-10H,5-7H2,1-4H3,(H,14,15,16,17). The topological polar surface area (TPSA) is 69.2 Å². The summed E-state index contributed by atoms with van der Waals surface area (Å²) in [6, 6.07) is 0.928. The smallest absolute Gasteiger partial charge is 0.324 e. The Balaban J connectivity index is 2.13. The summed E-state index contributed by atoms with van der Waals surface area (Å²) in [6.07, 6.45) is 3.67. The summed E-state index contributed by atoms with van der Waals surface area (Å²) >= 11 is 0. The average Bonchev–Trinajstić information content (AvgIpc) is 2.43. The Morgan fingerprint density at radius 2 is 1.63 bits per heavy atom. The maximum Gasteiger partial charge on any atom is 0.324 e. The highest BCUT2D eigenvalue weighted by Gasteiger charge is 2.27. The summed E-state index contributed by atoms with van der Waals surface area (Å²) in [7, 11) is 3.06. The van der Waals surface area contributed by atoms with Gasteiger partial charge in [-0.1, -0.05) is 26.7 Å². The van der Waals surface area contributed by atoms with Gasteiger partial charge in [0, 0.05) is 6.04 Å². The van der Waals surface area contributed by atoms with Gasteiger partial charge in [0.2, 0.25) is 5.95 Å². The van der Waals surface area contributed by atoms with E-state index in [2.05, 4.69) is 34.1 Å². The SMILES string of the molecule is COc1nc(NC2CCCC(C)C2C)nc(OC)n1. The van der Waals surface area contributed by atoms with E-state index in [0.717, 1.165) is 12.3 Å². The van der Waals surface area contributed by atoms with Gasteiger partial charge in [-0.25, -0.2) is 0 Å². The quantitative estimate of drug-likeness (QED) is 0.900. The molecule has 19 heavy (non-hydrogen) atoms. The lowest BCUT2D eigenvalue weighted by molar-refractivity contribution is 0.252. The van der Waals surface area contributed by atoms with E-state index in [-0.39, 0.29) is 12.0 Å². The molecule has 0 spiro atoms. The van der Waals surface area contributed by atoms with Crippen molar-refractivity contribution < 1.29 is 9.47 Å². The fourth-order valence-corrected chi connectivity index (χ4v) is 2.54. The molecule has 0 amide bonds. The Bertz CT molecular complexity index is 405. The number of nitrogens with zero attached hydrogens (tertiary/aromatic N) is 3. The number of hydrogen-bond donors (Lipinski definition) is 1. The second kappa shape index (κ2) is 6.04. The predicted octanol–water partition coefficient (Wildman–Crippen LogP) is 2.13. The van der Waals surface area contributed by atoms with Gasteiger partial charge >= 0.3 is 12.0 Å². The van der Waals surface area contributed by atoms with Crippen molar-refractivity contribution in [2.24, 2.45) is 11.8 Å². The van der Waals surface area contributed by atoms with Crippen molar-refractivity contribution in [3.8, 4) is 12.0 Å². The molecule has 0 saturated heterocycles. The van der Waals surface area contributed by atoms with Crippen molar-refractivity contribution in [1.82, 2.24) is 15.0 Å². The number of anilines is 1. The Morgan fingerprint density at radius 1 is 1.00 bits per heavy atom. The summed E-state index contributed by atoms with van der Waals surface area (Å²) < 4.78 is 10.1. The Kier molecular flexibility index (Phi) is 4.39. The van der Waals surface area contributed by atoms with Gasteiger partial charge in [-0.3, -0.25) is 0 Å². The van der Waals surface area contributed by atoms with E-state index in [1.54, 1.807) is 0 Å². The lowest BCUT2D eigenvalue weighted by Crippen LogP contribution is -2.35. The first kappa shape index (κ1) is 13.8. The van der Waals surface area contributed by atoms with E-state index in [0.29, 0.717) is 17.9 Å². The number of aromatic nitrogens is 3. The van der Waals surface area contributed by atoms with Gasteiger partial charge in [-0.2, -0.15) is 9.97 Å². The van der Waals surface area contributed by atoms with Crippen LogP contribution in [0.25, 0.3) is 0 Å². The molecule has 3 atom stereocenters. The molecule has 3 unspecified atom stereocenters.